The van der Waals surface area contributed by atoms with Crippen LogP contribution in [0.2, 0.25) is 5.02 Å². The monoisotopic (exact) mass is 266 g/mol. The maximum atomic E-state index is 12.9. The van der Waals surface area contributed by atoms with Gasteiger partial charge in [-0.1, -0.05) is 11.6 Å². The molecule has 6 heteroatoms. The maximum absolute atomic E-state index is 12.9. The first-order valence-corrected chi connectivity index (χ1v) is 5.40. The predicted octanol–water partition coefficient (Wildman–Crippen LogP) is 2.42. The highest BCUT2D eigenvalue weighted by Crippen LogP contribution is 2.19. The largest absolute Gasteiger partial charge is 0.328 e. The second-order valence-corrected chi connectivity index (χ2v) is 3.90. The zero-order valence-corrected chi connectivity index (χ0v) is 9.79. The SMILES string of the molecule is O=C(Nc1ccc(F)c(Cl)c1)c1ccc[nH]c1=O. The van der Waals surface area contributed by atoms with Gasteiger partial charge < -0.3 is 10.3 Å². The van der Waals surface area contributed by atoms with E-state index >= 15 is 0 Å². The van der Waals surface area contributed by atoms with Crippen LogP contribution in [0, 0.1) is 5.82 Å². The molecule has 1 aromatic heterocycles. The van der Waals surface area contributed by atoms with Crippen molar-refractivity contribution in [2.24, 2.45) is 0 Å². The van der Waals surface area contributed by atoms with Gasteiger partial charge in [-0.2, -0.15) is 0 Å². The Morgan fingerprint density at radius 1 is 1.33 bits per heavy atom. The van der Waals surface area contributed by atoms with Crippen LogP contribution < -0.4 is 10.9 Å². The fourth-order valence-electron chi connectivity index (χ4n) is 1.37. The van der Waals surface area contributed by atoms with Crippen molar-refractivity contribution in [1.82, 2.24) is 4.98 Å². The van der Waals surface area contributed by atoms with Crippen LogP contribution in [0.5, 0.6) is 0 Å². The van der Waals surface area contributed by atoms with Gasteiger partial charge in [-0.3, -0.25) is 9.59 Å². The molecule has 18 heavy (non-hydrogen) atoms. The molecule has 0 fully saturated rings. The standard InChI is InChI=1S/C12H8ClFN2O2/c13-9-6-7(3-4-10(9)14)16-12(18)8-2-1-5-15-11(8)17/h1-6H,(H,15,17)(H,16,18). The van der Waals surface area contributed by atoms with E-state index in [9.17, 15) is 14.0 Å². The molecular formula is C12H8ClFN2O2. The zero-order valence-electron chi connectivity index (χ0n) is 9.04. The molecule has 0 aliphatic heterocycles. The molecule has 0 saturated carbocycles. The van der Waals surface area contributed by atoms with E-state index in [1.807, 2.05) is 0 Å². The van der Waals surface area contributed by atoms with Crippen molar-refractivity contribution in [1.29, 1.82) is 0 Å². The van der Waals surface area contributed by atoms with Crippen LogP contribution in [0.1, 0.15) is 10.4 Å². The van der Waals surface area contributed by atoms with Gasteiger partial charge in [-0.05, 0) is 30.3 Å². The van der Waals surface area contributed by atoms with Crippen LogP contribution in [0.4, 0.5) is 10.1 Å². The lowest BCUT2D eigenvalue weighted by atomic mass is 10.2. The van der Waals surface area contributed by atoms with Gasteiger partial charge in [0.2, 0.25) is 0 Å². The Balaban J connectivity index is 2.24. The summed E-state index contributed by atoms with van der Waals surface area (Å²) in [6, 6.07) is 6.68. The van der Waals surface area contributed by atoms with Gasteiger partial charge >= 0.3 is 0 Å². The smallest absolute Gasteiger partial charge is 0.261 e. The lowest BCUT2D eigenvalue weighted by Crippen LogP contribution is -2.22. The summed E-state index contributed by atoms with van der Waals surface area (Å²) in [6.45, 7) is 0. The Morgan fingerprint density at radius 2 is 2.11 bits per heavy atom. The van der Waals surface area contributed by atoms with Crippen molar-refractivity contribution in [2.75, 3.05) is 5.32 Å². The first kappa shape index (κ1) is 12.3. The number of nitrogens with one attached hydrogen (secondary N) is 2. The predicted molar refractivity (Wildman–Crippen MR) is 66.4 cm³/mol. The molecule has 0 saturated heterocycles. The summed E-state index contributed by atoms with van der Waals surface area (Å²) in [5.74, 6) is -1.16. The van der Waals surface area contributed by atoms with Gasteiger partial charge in [0.25, 0.3) is 11.5 Å². The van der Waals surface area contributed by atoms with Gasteiger partial charge in [0, 0.05) is 11.9 Å². The summed E-state index contributed by atoms with van der Waals surface area (Å²) in [5.41, 5.74) is -0.212. The van der Waals surface area contributed by atoms with Crippen LogP contribution in [0.15, 0.2) is 41.3 Å². The molecular weight excluding hydrogens is 259 g/mol. The van der Waals surface area contributed by atoms with Crippen LogP contribution in [-0.2, 0) is 0 Å². The number of carbonyl (C=O) groups excluding carboxylic acids is 1. The van der Waals surface area contributed by atoms with E-state index in [1.165, 1.54) is 30.5 Å². The molecule has 1 aromatic carbocycles. The van der Waals surface area contributed by atoms with E-state index in [1.54, 1.807) is 0 Å². The fraction of sp³-hybridized carbons (Fsp3) is 0. The first-order valence-electron chi connectivity index (χ1n) is 5.02. The molecule has 0 aliphatic rings. The van der Waals surface area contributed by atoms with Gasteiger partial charge in [0.05, 0.1) is 5.02 Å². The lowest BCUT2D eigenvalue weighted by Gasteiger charge is -2.05. The molecule has 0 bridgehead atoms. The maximum Gasteiger partial charge on any atom is 0.261 e. The number of aromatic amines is 1. The summed E-state index contributed by atoms with van der Waals surface area (Å²) in [6.07, 6.45) is 1.42. The molecule has 0 radical (unpaired) electrons. The minimum atomic E-state index is -0.584. The topological polar surface area (TPSA) is 62.0 Å². The molecule has 4 nitrogen and oxygen atoms in total. The number of H-pyrrole nitrogens is 1. The number of hydrogen-bond acceptors (Lipinski definition) is 2. The van der Waals surface area contributed by atoms with Gasteiger partial charge in [-0.15, -0.1) is 0 Å². The Bertz CT molecular complexity index is 655. The van der Waals surface area contributed by atoms with Crippen LogP contribution >= 0.6 is 11.6 Å². The van der Waals surface area contributed by atoms with Crippen molar-refractivity contribution >= 4 is 23.2 Å². The van der Waals surface area contributed by atoms with E-state index in [0.717, 1.165) is 6.07 Å². The highest BCUT2D eigenvalue weighted by molar-refractivity contribution is 6.31. The molecule has 0 atom stereocenters. The van der Waals surface area contributed by atoms with Crippen molar-refractivity contribution < 1.29 is 9.18 Å². The summed E-state index contributed by atoms with van der Waals surface area (Å²) in [7, 11) is 0. The Kier molecular flexibility index (Phi) is 3.43. The third kappa shape index (κ3) is 2.57. The average Bonchev–Trinajstić information content (AvgIpc) is 2.34. The van der Waals surface area contributed by atoms with Crippen LogP contribution in [0.3, 0.4) is 0 Å². The molecule has 0 aliphatic carbocycles. The van der Waals surface area contributed by atoms with E-state index in [0.29, 0.717) is 5.69 Å². The number of amides is 1. The molecule has 1 heterocycles. The average molecular weight is 267 g/mol. The molecule has 92 valence electrons. The highest BCUT2D eigenvalue weighted by atomic mass is 35.5. The van der Waals surface area contributed by atoms with Gasteiger partial charge in [0.15, 0.2) is 0 Å². The van der Waals surface area contributed by atoms with Gasteiger partial charge in [-0.25, -0.2) is 4.39 Å². The first-order chi connectivity index (χ1) is 8.58. The molecule has 0 unspecified atom stereocenters. The number of anilines is 1. The number of rotatable bonds is 2. The quantitative estimate of drug-likeness (QED) is 0.877. The molecule has 2 N–H and O–H groups in total. The molecule has 2 aromatic rings. The van der Waals surface area contributed by atoms with Crippen molar-refractivity contribution in [2.45, 2.75) is 0 Å². The third-order valence-electron chi connectivity index (χ3n) is 2.24. The van der Waals surface area contributed by atoms with E-state index in [-0.39, 0.29) is 10.6 Å². The molecule has 2 rings (SSSR count). The second kappa shape index (κ2) is 5.01. The summed E-state index contributed by atoms with van der Waals surface area (Å²) < 4.78 is 12.9. The number of aromatic nitrogens is 1. The van der Waals surface area contributed by atoms with Crippen molar-refractivity contribution in [3.63, 3.8) is 0 Å². The summed E-state index contributed by atoms with van der Waals surface area (Å²) in [4.78, 5) is 25.5. The van der Waals surface area contributed by atoms with Crippen LogP contribution in [-0.4, -0.2) is 10.9 Å². The number of pyridine rings is 1. The Hall–Kier alpha value is -2.14. The Labute approximate surface area is 106 Å². The van der Waals surface area contributed by atoms with Crippen LogP contribution in [0.25, 0.3) is 0 Å². The second-order valence-electron chi connectivity index (χ2n) is 3.50. The van der Waals surface area contributed by atoms with E-state index in [2.05, 4.69) is 10.3 Å². The van der Waals surface area contributed by atoms with E-state index < -0.39 is 17.3 Å². The zero-order chi connectivity index (χ0) is 13.1. The number of carbonyl (C=O) groups is 1. The summed E-state index contributed by atoms with van der Waals surface area (Å²) in [5, 5.41) is 2.35. The molecule has 0 spiro atoms. The Morgan fingerprint density at radius 3 is 2.78 bits per heavy atom. The minimum absolute atomic E-state index is 0.0297. The molecule has 1 amide bonds. The van der Waals surface area contributed by atoms with Crippen molar-refractivity contribution in [3.05, 3.63) is 63.3 Å². The van der Waals surface area contributed by atoms with Crippen molar-refractivity contribution in [3.8, 4) is 0 Å². The number of halogens is 2. The number of hydrogen-bond donors (Lipinski definition) is 2. The number of benzene rings is 1. The fourth-order valence-corrected chi connectivity index (χ4v) is 1.55. The lowest BCUT2D eigenvalue weighted by molar-refractivity contribution is 0.102. The normalized spacial score (nSPS) is 10.1. The minimum Gasteiger partial charge on any atom is -0.328 e. The van der Waals surface area contributed by atoms with Gasteiger partial charge in [0.1, 0.15) is 11.4 Å². The van der Waals surface area contributed by atoms with E-state index in [4.69, 9.17) is 11.6 Å². The summed E-state index contributed by atoms with van der Waals surface area (Å²) >= 11 is 5.58. The third-order valence-corrected chi connectivity index (χ3v) is 2.53. The highest BCUT2D eigenvalue weighted by Gasteiger charge is 2.10.